The number of alkyl carbamates (subject to hydrolysis) is 1. The van der Waals surface area contributed by atoms with Crippen molar-refractivity contribution in [2.24, 2.45) is 5.92 Å². The van der Waals surface area contributed by atoms with Crippen LogP contribution in [-0.4, -0.2) is 120 Å². The molecule has 2 unspecified atom stereocenters. The zero-order chi connectivity index (χ0) is 28.6. The first-order valence-corrected chi connectivity index (χ1v) is 14.4. The molecule has 0 aliphatic carbocycles. The van der Waals surface area contributed by atoms with Gasteiger partial charge >= 0.3 is 18.2 Å². The van der Waals surface area contributed by atoms with Gasteiger partial charge in [0.25, 0.3) is 0 Å². The first kappa shape index (κ1) is 30.9. The number of hydrogen-bond acceptors (Lipinski definition) is 8. The molecule has 0 spiro atoms. The third kappa shape index (κ3) is 9.82. The van der Waals surface area contributed by atoms with Gasteiger partial charge in [0, 0.05) is 52.7 Å². The number of unbranched alkanes of at least 4 members (excludes halogenated alkanes) is 1. The van der Waals surface area contributed by atoms with Gasteiger partial charge in [-0.15, -0.1) is 0 Å². The molecule has 0 aromatic heterocycles. The summed E-state index contributed by atoms with van der Waals surface area (Å²) in [6.45, 7) is 11.0. The van der Waals surface area contributed by atoms with E-state index < -0.39 is 17.7 Å². The fourth-order valence-electron chi connectivity index (χ4n) is 5.65. The number of guanidine groups is 1. The van der Waals surface area contributed by atoms with Crippen molar-refractivity contribution >= 4 is 24.1 Å². The number of ether oxygens (including phenoxy) is 2. The fraction of sp³-hybridized carbons (Fsp3) is 0.852. The number of amides is 2. The first-order chi connectivity index (χ1) is 18.4. The van der Waals surface area contributed by atoms with Crippen molar-refractivity contribution in [2.75, 3.05) is 52.9 Å². The van der Waals surface area contributed by atoms with Gasteiger partial charge in [-0.05, 0) is 58.9 Å². The van der Waals surface area contributed by atoms with Gasteiger partial charge in [0.2, 0.25) is 5.96 Å². The van der Waals surface area contributed by atoms with E-state index in [1.165, 1.54) is 0 Å². The van der Waals surface area contributed by atoms with Crippen molar-refractivity contribution in [1.82, 2.24) is 24.9 Å². The second-order valence-electron chi connectivity index (χ2n) is 12.0. The molecule has 0 saturated carbocycles. The van der Waals surface area contributed by atoms with Gasteiger partial charge in [-0.25, -0.2) is 9.59 Å². The van der Waals surface area contributed by atoms with Crippen LogP contribution in [0.25, 0.3) is 0 Å². The Labute approximate surface area is 232 Å². The molecule has 39 heavy (non-hydrogen) atoms. The minimum absolute atomic E-state index is 0.0392. The Kier molecular flexibility index (Phi) is 11.2. The smallest absolute Gasteiger partial charge is 0.414 e. The lowest BCUT2D eigenvalue weighted by Crippen LogP contribution is -2.54. The number of likely N-dealkylation sites (tertiary alicyclic amines) is 1. The van der Waals surface area contributed by atoms with E-state index in [4.69, 9.17) is 20.0 Å². The monoisotopic (exact) mass is 552 g/mol. The molecule has 3 fully saturated rings. The van der Waals surface area contributed by atoms with Crippen molar-refractivity contribution in [3.63, 3.8) is 0 Å². The molecule has 222 valence electrons. The lowest BCUT2D eigenvalue weighted by atomic mass is 9.91. The van der Waals surface area contributed by atoms with Crippen LogP contribution in [0.5, 0.6) is 0 Å². The highest BCUT2D eigenvalue weighted by Crippen LogP contribution is 2.28. The Morgan fingerprint density at radius 3 is 2.31 bits per heavy atom. The van der Waals surface area contributed by atoms with Crippen LogP contribution in [0.2, 0.25) is 0 Å². The molecule has 12 nitrogen and oxygen atoms in total. The summed E-state index contributed by atoms with van der Waals surface area (Å²) in [6.07, 6.45) is 5.87. The lowest BCUT2D eigenvalue weighted by molar-refractivity contribution is -0.137. The maximum absolute atomic E-state index is 12.4. The second kappa shape index (κ2) is 14.2. The van der Waals surface area contributed by atoms with Gasteiger partial charge < -0.3 is 29.3 Å². The van der Waals surface area contributed by atoms with E-state index in [2.05, 4.69) is 15.1 Å². The maximum Gasteiger partial charge on any atom is 0.414 e. The largest absolute Gasteiger partial charge is 0.481 e. The number of carbonyl (C=O) groups excluding carboxylic acids is 2. The highest BCUT2D eigenvalue weighted by molar-refractivity contribution is 5.92. The summed E-state index contributed by atoms with van der Waals surface area (Å²) in [5.41, 5.74) is -0.594. The SMILES string of the molecule is CN1C(=O)OC(N2CCN(CCCC(=O)O)CC2)C1CCCCC1CCN(C(=N)NC(=O)OC(C)(C)C)CC1. The van der Waals surface area contributed by atoms with Crippen molar-refractivity contribution in [1.29, 1.82) is 5.41 Å². The number of carbonyl (C=O) groups is 3. The van der Waals surface area contributed by atoms with E-state index >= 15 is 0 Å². The number of likely N-dealkylation sites (N-methyl/N-ethyl adjacent to an activating group) is 1. The predicted molar refractivity (Wildman–Crippen MR) is 147 cm³/mol. The van der Waals surface area contributed by atoms with Gasteiger partial charge in [-0.3, -0.25) is 20.4 Å². The lowest BCUT2D eigenvalue weighted by Gasteiger charge is -2.38. The number of nitrogens with zero attached hydrogens (tertiary/aromatic N) is 4. The van der Waals surface area contributed by atoms with Gasteiger partial charge in [-0.2, -0.15) is 0 Å². The van der Waals surface area contributed by atoms with Gasteiger partial charge in [0.1, 0.15) is 5.60 Å². The molecule has 3 N–H and O–H groups in total. The Morgan fingerprint density at radius 2 is 1.69 bits per heavy atom. The van der Waals surface area contributed by atoms with Crippen LogP contribution in [0.1, 0.15) is 72.1 Å². The third-order valence-corrected chi connectivity index (χ3v) is 7.88. The minimum atomic E-state index is -0.754. The van der Waals surface area contributed by atoms with E-state index in [-0.39, 0.29) is 30.7 Å². The minimum Gasteiger partial charge on any atom is -0.481 e. The molecule has 0 aromatic rings. The van der Waals surface area contributed by atoms with Crippen LogP contribution in [0.3, 0.4) is 0 Å². The molecule has 3 aliphatic rings. The summed E-state index contributed by atoms with van der Waals surface area (Å²) in [6, 6.07) is 0.0392. The number of piperazine rings is 1. The number of aliphatic carboxylic acids is 1. The maximum atomic E-state index is 12.4. The molecule has 3 aliphatic heterocycles. The van der Waals surface area contributed by atoms with Crippen LogP contribution in [0.4, 0.5) is 9.59 Å². The molecule has 0 radical (unpaired) electrons. The van der Waals surface area contributed by atoms with Crippen LogP contribution >= 0.6 is 0 Å². The van der Waals surface area contributed by atoms with Crippen LogP contribution in [0, 0.1) is 11.3 Å². The Hall–Kier alpha value is -2.60. The summed E-state index contributed by atoms with van der Waals surface area (Å²) < 4.78 is 11.0. The van der Waals surface area contributed by atoms with E-state index in [0.29, 0.717) is 12.3 Å². The average molecular weight is 553 g/mol. The molecule has 2 amide bonds. The summed E-state index contributed by atoms with van der Waals surface area (Å²) in [5.74, 6) is -0.0560. The normalized spacial score (nSPS) is 23.5. The van der Waals surface area contributed by atoms with Crippen molar-refractivity contribution in [3.05, 3.63) is 0 Å². The molecule has 3 heterocycles. The summed E-state index contributed by atoms with van der Waals surface area (Å²) in [5, 5.41) is 19.6. The van der Waals surface area contributed by atoms with E-state index in [1.807, 2.05) is 11.9 Å². The molecule has 2 atom stereocenters. The fourth-order valence-corrected chi connectivity index (χ4v) is 5.65. The van der Waals surface area contributed by atoms with E-state index in [1.54, 1.807) is 25.7 Å². The quantitative estimate of drug-likeness (QED) is 0.212. The van der Waals surface area contributed by atoms with Gasteiger partial charge in [0.15, 0.2) is 6.23 Å². The molecule has 0 aromatic carbocycles. The molecule has 3 rings (SSSR count). The number of hydrogen-bond donors (Lipinski definition) is 3. The third-order valence-electron chi connectivity index (χ3n) is 7.88. The Morgan fingerprint density at radius 1 is 1.05 bits per heavy atom. The van der Waals surface area contributed by atoms with Crippen molar-refractivity contribution < 1.29 is 29.0 Å². The number of carboxylic acid groups (broad SMARTS) is 1. The van der Waals surface area contributed by atoms with Crippen LogP contribution < -0.4 is 5.32 Å². The summed E-state index contributed by atoms with van der Waals surface area (Å²) in [4.78, 5) is 43.3. The molecule has 12 heteroatoms. The second-order valence-corrected chi connectivity index (χ2v) is 12.0. The molecular formula is C27H48N6O6. The summed E-state index contributed by atoms with van der Waals surface area (Å²) in [7, 11) is 1.82. The predicted octanol–water partition coefficient (Wildman–Crippen LogP) is 2.98. The number of piperidine rings is 1. The van der Waals surface area contributed by atoms with Crippen molar-refractivity contribution in [2.45, 2.75) is 90.0 Å². The number of rotatable bonds is 10. The highest BCUT2D eigenvalue weighted by atomic mass is 16.6. The van der Waals surface area contributed by atoms with Crippen LogP contribution in [0.15, 0.2) is 0 Å². The standard InChI is InChI=1S/C27H48N6O6/c1-27(2,3)39-25(36)29-24(28)33-14-11-20(12-15-33)8-5-6-9-21-23(38-26(37)30(21)4)32-18-16-31(17-19-32)13-7-10-22(34)35/h20-21,23H,5-19H2,1-4H3,(H,34,35)(H2,28,29,36). The zero-order valence-corrected chi connectivity index (χ0v) is 24.1. The average Bonchev–Trinajstić information content (AvgIpc) is 3.14. The summed E-state index contributed by atoms with van der Waals surface area (Å²) >= 11 is 0. The Balaban J connectivity index is 1.34. The van der Waals surface area contributed by atoms with Gasteiger partial charge in [0.05, 0.1) is 6.04 Å². The number of nitrogens with one attached hydrogen (secondary N) is 2. The number of cyclic esters (lactones) is 1. The van der Waals surface area contributed by atoms with E-state index in [9.17, 15) is 14.4 Å². The molecule has 3 saturated heterocycles. The molecular weight excluding hydrogens is 504 g/mol. The molecule has 0 bridgehead atoms. The van der Waals surface area contributed by atoms with Crippen LogP contribution in [-0.2, 0) is 14.3 Å². The van der Waals surface area contributed by atoms with Crippen molar-refractivity contribution in [3.8, 4) is 0 Å². The first-order valence-electron chi connectivity index (χ1n) is 14.4. The number of carboxylic acids is 1. The van der Waals surface area contributed by atoms with E-state index in [0.717, 1.165) is 84.3 Å². The highest BCUT2D eigenvalue weighted by Gasteiger charge is 2.43. The van der Waals surface area contributed by atoms with Gasteiger partial charge in [-0.1, -0.05) is 19.3 Å². The topological polar surface area (TPSA) is 139 Å². The zero-order valence-electron chi connectivity index (χ0n) is 24.1. The Bertz CT molecular complexity index is 848.